The van der Waals surface area contributed by atoms with Crippen LogP contribution in [0, 0.1) is 13.8 Å². The molecule has 2 aromatic carbocycles. The van der Waals surface area contributed by atoms with Gasteiger partial charge in [0.25, 0.3) is 0 Å². The zero-order chi connectivity index (χ0) is 19.0. The van der Waals surface area contributed by atoms with E-state index in [-0.39, 0.29) is 5.41 Å². The lowest BCUT2D eigenvalue weighted by Crippen LogP contribution is -2.21. The SMILES string of the molecule is Cc1cccc(-n2ccc(C(C)(C)c3ccn(-c4cccc(C)c4)n3)n2)c1. The van der Waals surface area contributed by atoms with Crippen molar-refractivity contribution in [1.29, 1.82) is 0 Å². The smallest absolute Gasteiger partial charge is 0.0745 e. The summed E-state index contributed by atoms with van der Waals surface area (Å²) in [5, 5.41) is 9.67. The van der Waals surface area contributed by atoms with E-state index >= 15 is 0 Å². The highest BCUT2D eigenvalue weighted by Crippen LogP contribution is 2.30. The summed E-state index contributed by atoms with van der Waals surface area (Å²) >= 11 is 0. The van der Waals surface area contributed by atoms with Gasteiger partial charge in [0.05, 0.1) is 28.2 Å². The predicted molar refractivity (Wildman–Crippen MR) is 109 cm³/mol. The Morgan fingerprint density at radius 2 is 1.11 bits per heavy atom. The number of hydrogen-bond donors (Lipinski definition) is 0. The van der Waals surface area contributed by atoms with Crippen LogP contribution in [0.25, 0.3) is 11.4 Å². The molecule has 136 valence electrons. The standard InChI is InChI=1S/C23H24N4/c1-17-7-5-9-19(15-17)26-13-11-21(24-26)23(3,4)22-12-14-27(25-22)20-10-6-8-18(2)16-20/h5-16H,1-4H3. The molecule has 0 spiro atoms. The van der Waals surface area contributed by atoms with Gasteiger partial charge in [0, 0.05) is 12.4 Å². The fourth-order valence-corrected chi connectivity index (χ4v) is 3.27. The van der Waals surface area contributed by atoms with E-state index < -0.39 is 0 Å². The Morgan fingerprint density at radius 3 is 1.52 bits per heavy atom. The molecule has 0 saturated carbocycles. The average Bonchev–Trinajstić information content (AvgIpc) is 3.32. The van der Waals surface area contributed by atoms with Crippen molar-refractivity contribution in [3.05, 3.63) is 95.6 Å². The first-order chi connectivity index (χ1) is 12.9. The van der Waals surface area contributed by atoms with Crippen molar-refractivity contribution in [2.75, 3.05) is 0 Å². The van der Waals surface area contributed by atoms with Gasteiger partial charge < -0.3 is 0 Å². The van der Waals surface area contributed by atoms with E-state index in [1.54, 1.807) is 0 Å². The summed E-state index contributed by atoms with van der Waals surface area (Å²) in [4.78, 5) is 0. The summed E-state index contributed by atoms with van der Waals surface area (Å²) in [7, 11) is 0. The molecule has 2 aromatic heterocycles. The van der Waals surface area contributed by atoms with Gasteiger partial charge in [-0.3, -0.25) is 0 Å². The molecule has 0 bridgehead atoms. The van der Waals surface area contributed by atoms with E-state index in [2.05, 4.69) is 88.4 Å². The summed E-state index contributed by atoms with van der Waals surface area (Å²) in [5.74, 6) is 0. The van der Waals surface area contributed by atoms with Gasteiger partial charge in [-0.2, -0.15) is 10.2 Å². The Kier molecular flexibility index (Phi) is 4.19. The van der Waals surface area contributed by atoms with E-state index in [1.807, 2.05) is 21.8 Å². The molecule has 0 N–H and O–H groups in total. The number of benzene rings is 2. The molecule has 4 aromatic rings. The first kappa shape index (κ1) is 17.3. The molecule has 4 rings (SSSR count). The van der Waals surface area contributed by atoms with Crippen LogP contribution < -0.4 is 0 Å². The van der Waals surface area contributed by atoms with Crippen LogP contribution in [0.3, 0.4) is 0 Å². The molecule has 0 fully saturated rings. The van der Waals surface area contributed by atoms with Gasteiger partial charge in [-0.15, -0.1) is 0 Å². The molecule has 27 heavy (non-hydrogen) atoms. The van der Waals surface area contributed by atoms with Gasteiger partial charge in [-0.1, -0.05) is 24.3 Å². The van der Waals surface area contributed by atoms with Gasteiger partial charge >= 0.3 is 0 Å². The minimum absolute atomic E-state index is 0.288. The van der Waals surface area contributed by atoms with E-state index in [0.29, 0.717) is 0 Å². The number of nitrogens with zero attached hydrogens (tertiary/aromatic N) is 4. The molecular weight excluding hydrogens is 332 g/mol. The second kappa shape index (κ2) is 6.54. The zero-order valence-electron chi connectivity index (χ0n) is 16.2. The van der Waals surface area contributed by atoms with Crippen molar-refractivity contribution in [3.63, 3.8) is 0 Å². The third-order valence-corrected chi connectivity index (χ3v) is 4.99. The zero-order valence-corrected chi connectivity index (χ0v) is 16.2. The first-order valence-electron chi connectivity index (χ1n) is 9.20. The molecule has 4 nitrogen and oxygen atoms in total. The van der Waals surface area contributed by atoms with E-state index in [9.17, 15) is 0 Å². The number of aromatic nitrogens is 4. The average molecular weight is 356 g/mol. The fraction of sp³-hybridized carbons (Fsp3) is 0.217. The van der Waals surface area contributed by atoms with Crippen LogP contribution in [0.4, 0.5) is 0 Å². The molecule has 0 aliphatic heterocycles. The van der Waals surface area contributed by atoms with Crippen LogP contribution in [0.1, 0.15) is 36.4 Å². The van der Waals surface area contributed by atoms with Crippen molar-refractivity contribution >= 4 is 0 Å². The minimum atomic E-state index is -0.288. The van der Waals surface area contributed by atoms with Crippen molar-refractivity contribution in [2.45, 2.75) is 33.1 Å². The first-order valence-corrected chi connectivity index (χ1v) is 9.20. The van der Waals surface area contributed by atoms with Crippen LogP contribution in [0.5, 0.6) is 0 Å². The number of aryl methyl sites for hydroxylation is 2. The van der Waals surface area contributed by atoms with E-state index in [1.165, 1.54) is 11.1 Å². The lowest BCUT2D eigenvalue weighted by atomic mass is 9.86. The number of rotatable bonds is 4. The van der Waals surface area contributed by atoms with Gasteiger partial charge in [0.15, 0.2) is 0 Å². The normalized spacial score (nSPS) is 11.7. The largest absolute Gasteiger partial charge is 0.241 e. The van der Waals surface area contributed by atoms with Crippen LogP contribution in [-0.2, 0) is 5.41 Å². The second-order valence-electron chi connectivity index (χ2n) is 7.59. The van der Waals surface area contributed by atoms with Crippen molar-refractivity contribution in [3.8, 4) is 11.4 Å². The minimum Gasteiger partial charge on any atom is -0.241 e. The summed E-state index contributed by atoms with van der Waals surface area (Å²) in [6.45, 7) is 8.52. The Balaban J connectivity index is 1.66. The predicted octanol–water partition coefficient (Wildman–Crippen LogP) is 5.00. The maximum atomic E-state index is 4.83. The lowest BCUT2D eigenvalue weighted by Gasteiger charge is -2.19. The lowest BCUT2D eigenvalue weighted by molar-refractivity contribution is 0.576. The van der Waals surface area contributed by atoms with Crippen molar-refractivity contribution < 1.29 is 0 Å². The molecule has 0 amide bonds. The molecule has 0 aliphatic rings. The van der Waals surface area contributed by atoms with Gasteiger partial charge in [0.1, 0.15) is 0 Å². The quantitative estimate of drug-likeness (QED) is 0.516. The maximum absolute atomic E-state index is 4.83. The summed E-state index contributed by atoms with van der Waals surface area (Å²) in [5.41, 5.74) is 6.30. The van der Waals surface area contributed by atoms with Crippen LogP contribution in [0.2, 0.25) is 0 Å². The molecule has 0 atom stereocenters. The molecule has 0 saturated heterocycles. The van der Waals surface area contributed by atoms with E-state index in [0.717, 1.165) is 22.8 Å². The second-order valence-corrected chi connectivity index (χ2v) is 7.59. The Morgan fingerprint density at radius 1 is 0.667 bits per heavy atom. The van der Waals surface area contributed by atoms with E-state index in [4.69, 9.17) is 10.2 Å². The monoisotopic (exact) mass is 356 g/mol. The Hall–Kier alpha value is -3.14. The van der Waals surface area contributed by atoms with Crippen LogP contribution in [0.15, 0.2) is 73.1 Å². The maximum Gasteiger partial charge on any atom is 0.0745 e. The molecule has 4 heteroatoms. The molecule has 0 aliphatic carbocycles. The molecular formula is C23H24N4. The Labute approximate surface area is 160 Å². The molecule has 2 heterocycles. The van der Waals surface area contributed by atoms with Crippen molar-refractivity contribution in [2.24, 2.45) is 0 Å². The van der Waals surface area contributed by atoms with Crippen LogP contribution in [-0.4, -0.2) is 19.6 Å². The third-order valence-electron chi connectivity index (χ3n) is 4.99. The van der Waals surface area contributed by atoms with Crippen molar-refractivity contribution in [1.82, 2.24) is 19.6 Å². The summed E-state index contributed by atoms with van der Waals surface area (Å²) < 4.78 is 3.86. The van der Waals surface area contributed by atoms with Gasteiger partial charge in [-0.25, -0.2) is 9.36 Å². The number of hydrogen-bond acceptors (Lipinski definition) is 2. The highest BCUT2D eigenvalue weighted by Gasteiger charge is 2.28. The molecule has 0 radical (unpaired) electrons. The molecule has 0 unspecified atom stereocenters. The van der Waals surface area contributed by atoms with Gasteiger partial charge in [0.2, 0.25) is 0 Å². The fourth-order valence-electron chi connectivity index (χ4n) is 3.27. The van der Waals surface area contributed by atoms with Crippen LogP contribution >= 0.6 is 0 Å². The topological polar surface area (TPSA) is 35.6 Å². The summed E-state index contributed by atoms with van der Waals surface area (Å²) in [6, 6.07) is 20.9. The summed E-state index contributed by atoms with van der Waals surface area (Å²) in [6.07, 6.45) is 4.03. The van der Waals surface area contributed by atoms with Gasteiger partial charge in [-0.05, 0) is 75.2 Å². The Bertz CT molecular complexity index is 999. The highest BCUT2D eigenvalue weighted by molar-refractivity contribution is 5.38. The third kappa shape index (κ3) is 3.31. The highest BCUT2D eigenvalue weighted by atomic mass is 15.3.